The number of nitriles is 1. The summed E-state index contributed by atoms with van der Waals surface area (Å²) in [6.07, 6.45) is 0.936. The molecular weight excluding hydrogens is 367 g/mol. The van der Waals surface area contributed by atoms with Crippen LogP contribution in [-0.2, 0) is 13.0 Å². The van der Waals surface area contributed by atoms with Crippen LogP contribution in [0.3, 0.4) is 0 Å². The first-order valence-electron chi connectivity index (χ1n) is 8.01. The molecule has 1 heterocycles. The minimum Gasteiger partial charge on any atom is -0.384 e. The molecule has 0 saturated heterocycles. The van der Waals surface area contributed by atoms with E-state index in [0.717, 1.165) is 41.5 Å². The predicted octanol–water partition coefficient (Wildman–Crippen LogP) is 4.17. The Bertz CT molecular complexity index is 919. The summed E-state index contributed by atoms with van der Waals surface area (Å²) in [7, 11) is 0. The Morgan fingerprint density at radius 3 is 2.50 bits per heavy atom. The number of halogens is 2. The van der Waals surface area contributed by atoms with E-state index in [1.165, 1.54) is 11.1 Å². The molecule has 3 rings (SSSR count). The first-order chi connectivity index (χ1) is 11.7. The molecule has 2 aromatic carbocycles. The van der Waals surface area contributed by atoms with Crippen molar-refractivity contribution in [3.63, 3.8) is 0 Å². The average Bonchev–Trinajstić information content (AvgIpc) is 2.58. The molecule has 0 bridgehead atoms. The Morgan fingerprint density at radius 2 is 1.77 bits per heavy atom. The second-order valence-electron chi connectivity index (χ2n) is 5.95. The van der Waals surface area contributed by atoms with Crippen molar-refractivity contribution in [2.24, 2.45) is 0 Å². The van der Waals surface area contributed by atoms with Gasteiger partial charge in [0.25, 0.3) is 0 Å². The Balaban J connectivity index is 0.00000169. The molecule has 26 heavy (non-hydrogen) atoms. The maximum atomic E-state index is 8.97. The zero-order valence-electron chi connectivity index (χ0n) is 14.5. The standard InChI is InChI=1S/C20H20N4.2ClH/c1-14-10-15(2-5-18(14)12-21)8-9-23-13-16-3-4-17-6-7-20(22)24-19(17)11-16;;/h2-7,10-11,23H,8-9,13H2,1H3,(H2,22,24);2*1H. The molecule has 0 spiro atoms. The molecule has 0 radical (unpaired) electrons. The van der Waals surface area contributed by atoms with Gasteiger partial charge in [0, 0.05) is 11.9 Å². The monoisotopic (exact) mass is 388 g/mol. The quantitative estimate of drug-likeness (QED) is 0.643. The summed E-state index contributed by atoms with van der Waals surface area (Å²) in [5, 5.41) is 13.5. The third kappa shape index (κ3) is 5.34. The molecule has 0 aliphatic heterocycles. The molecule has 1 aromatic heterocycles. The predicted molar refractivity (Wildman–Crippen MR) is 112 cm³/mol. The minimum absolute atomic E-state index is 0. The van der Waals surface area contributed by atoms with Crippen LogP contribution in [0.15, 0.2) is 48.5 Å². The van der Waals surface area contributed by atoms with Crippen molar-refractivity contribution in [1.29, 1.82) is 5.26 Å². The number of nitrogens with one attached hydrogen (secondary N) is 1. The van der Waals surface area contributed by atoms with E-state index >= 15 is 0 Å². The summed E-state index contributed by atoms with van der Waals surface area (Å²) < 4.78 is 0. The first kappa shape index (κ1) is 21.7. The van der Waals surface area contributed by atoms with Gasteiger partial charge >= 0.3 is 0 Å². The van der Waals surface area contributed by atoms with Crippen LogP contribution < -0.4 is 11.1 Å². The van der Waals surface area contributed by atoms with Gasteiger partial charge in [0.05, 0.1) is 17.1 Å². The number of pyridine rings is 1. The normalized spacial score (nSPS) is 9.85. The first-order valence-corrected chi connectivity index (χ1v) is 8.01. The van der Waals surface area contributed by atoms with Gasteiger partial charge in [-0.15, -0.1) is 24.8 Å². The molecule has 136 valence electrons. The number of nitrogens with zero attached hydrogens (tertiary/aromatic N) is 2. The smallest absolute Gasteiger partial charge is 0.124 e. The van der Waals surface area contributed by atoms with Gasteiger partial charge in [-0.3, -0.25) is 0 Å². The number of hydrogen-bond acceptors (Lipinski definition) is 4. The second-order valence-corrected chi connectivity index (χ2v) is 5.95. The summed E-state index contributed by atoms with van der Waals surface area (Å²) in [5.74, 6) is 0.545. The Morgan fingerprint density at radius 1 is 1.04 bits per heavy atom. The maximum Gasteiger partial charge on any atom is 0.124 e. The largest absolute Gasteiger partial charge is 0.384 e. The number of anilines is 1. The van der Waals surface area contributed by atoms with Crippen LogP contribution in [0.2, 0.25) is 0 Å². The third-order valence-electron chi connectivity index (χ3n) is 4.11. The van der Waals surface area contributed by atoms with E-state index in [9.17, 15) is 0 Å². The van der Waals surface area contributed by atoms with E-state index in [-0.39, 0.29) is 24.8 Å². The highest BCUT2D eigenvalue weighted by atomic mass is 35.5. The number of aromatic nitrogens is 1. The second kappa shape index (κ2) is 9.98. The fourth-order valence-corrected chi connectivity index (χ4v) is 2.76. The Kier molecular flexibility index (Phi) is 8.34. The van der Waals surface area contributed by atoms with Crippen molar-refractivity contribution in [2.45, 2.75) is 19.9 Å². The zero-order chi connectivity index (χ0) is 16.9. The van der Waals surface area contributed by atoms with E-state index in [1.807, 2.05) is 31.2 Å². The highest BCUT2D eigenvalue weighted by Gasteiger charge is 2.01. The van der Waals surface area contributed by atoms with Gasteiger partial charge in [0.15, 0.2) is 0 Å². The number of hydrogen-bond donors (Lipinski definition) is 2. The summed E-state index contributed by atoms with van der Waals surface area (Å²) >= 11 is 0. The Hall–Kier alpha value is -2.32. The molecule has 0 amide bonds. The van der Waals surface area contributed by atoms with E-state index in [1.54, 1.807) is 0 Å². The molecule has 4 nitrogen and oxygen atoms in total. The molecule has 0 fully saturated rings. The average molecular weight is 389 g/mol. The molecule has 0 saturated carbocycles. The molecule has 0 unspecified atom stereocenters. The summed E-state index contributed by atoms with van der Waals surface area (Å²) in [6.45, 7) is 3.65. The minimum atomic E-state index is 0. The maximum absolute atomic E-state index is 8.97. The topological polar surface area (TPSA) is 74.7 Å². The van der Waals surface area contributed by atoms with Crippen molar-refractivity contribution in [3.05, 3.63) is 70.8 Å². The van der Waals surface area contributed by atoms with Crippen LogP contribution in [0.1, 0.15) is 22.3 Å². The molecule has 0 aliphatic carbocycles. The summed E-state index contributed by atoms with van der Waals surface area (Å²) in [5.41, 5.74) is 10.9. The SMILES string of the molecule is Cc1cc(CCNCc2ccc3ccc(N)nc3c2)ccc1C#N.Cl.Cl. The molecule has 6 heteroatoms. The molecular formula is C20H22Cl2N4. The lowest BCUT2D eigenvalue weighted by Gasteiger charge is -2.08. The highest BCUT2D eigenvalue weighted by Crippen LogP contribution is 2.15. The van der Waals surface area contributed by atoms with E-state index in [4.69, 9.17) is 11.0 Å². The van der Waals surface area contributed by atoms with Crippen molar-refractivity contribution >= 4 is 41.5 Å². The number of aryl methyl sites for hydroxylation is 1. The Labute approximate surface area is 166 Å². The zero-order valence-corrected chi connectivity index (χ0v) is 16.2. The fourth-order valence-electron chi connectivity index (χ4n) is 2.76. The third-order valence-corrected chi connectivity index (χ3v) is 4.11. The van der Waals surface area contributed by atoms with Gasteiger partial charge in [-0.2, -0.15) is 5.26 Å². The van der Waals surface area contributed by atoms with Gasteiger partial charge in [-0.25, -0.2) is 4.98 Å². The van der Waals surface area contributed by atoms with Crippen LogP contribution in [0.5, 0.6) is 0 Å². The van der Waals surface area contributed by atoms with Crippen LogP contribution in [0.25, 0.3) is 10.9 Å². The molecule has 3 aromatic rings. The van der Waals surface area contributed by atoms with Crippen molar-refractivity contribution in [3.8, 4) is 6.07 Å². The van der Waals surface area contributed by atoms with Crippen LogP contribution >= 0.6 is 24.8 Å². The highest BCUT2D eigenvalue weighted by molar-refractivity contribution is 5.85. The lowest BCUT2D eigenvalue weighted by Crippen LogP contribution is -2.16. The number of benzene rings is 2. The van der Waals surface area contributed by atoms with Gasteiger partial charge in [0.2, 0.25) is 0 Å². The van der Waals surface area contributed by atoms with Gasteiger partial charge < -0.3 is 11.1 Å². The molecule has 0 aliphatic rings. The van der Waals surface area contributed by atoms with E-state index < -0.39 is 0 Å². The van der Waals surface area contributed by atoms with Crippen LogP contribution in [0.4, 0.5) is 5.82 Å². The summed E-state index contributed by atoms with van der Waals surface area (Å²) in [4.78, 5) is 4.36. The fraction of sp³-hybridized carbons (Fsp3) is 0.200. The number of rotatable bonds is 5. The van der Waals surface area contributed by atoms with Crippen molar-refractivity contribution < 1.29 is 0 Å². The van der Waals surface area contributed by atoms with Crippen molar-refractivity contribution in [2.75, 3.05) is 12.3 Å². The molecule has 3 N–H and O–H groups in total. The lowest BCUT2D eigenvalue weighted by atomic mass is 10.0. The van der Waals surface area contributed by atoms with Crippen LogP contribution in [0, 0.1) is 18.3 Å². The van der Waals surface area contributed by atoms with E-state index in [2.05, 4.69) is 40.6 Å². The lowest BCUT2D eigenvalue weighted by molar-refractivity contribution is 0.687. The van der Waals surface area contributed by atoms with Gasteiger partial charge in [-0.05, 0) is 60.8 Å². The summed E-state index contributed by atoms with van der Waals surface area (Å²) in [6, 6.07) is 18.3. The van der Waals surface area contributed by atoms with Crippen molar-refractivity contribution in [1.82, 2.24) is 10.3 Å². The number of nitrogen functional groups attached to an aromatic ring is 1. The number of nitrogens with two attached hydrogens (primary N) is 1. The number of fused-ring (bicyclic) bond motifs is 1. The van der Waals surface area contributed by atoms with Gasteiger partial charge in [0.1, 0.15) is 5.82 Å². The molecule has 0 atom stereocenters. The van der Waals surface area contributed by atoms with E-state index in [0.29, 0.717) is 5.82 Å². The van der Waals surface area contributed by atoms with Gasteiger partial charge in [-0.1, -0.05) is 24.3 Å². The van der Waals surface area contributed by atoms with Crippen LogP contribution in [-0.4, -0.2) is 11.5 Å².